The van der Waals surface area contributed by atoms with Crippen molar-refractivity contribution < 1.29 is 9.84 Å². The minimum Gasteiger partial charge on any atom is -0.481 e. The standard InChI is InChI=1S/C18H32N4O2/c1-13-15(18(24-3)21(2)20-13)12-19-14-8-10-22(11-9-14)16-6-4-5-7-17(16)23/h14,16-17,19,23H,4-12H2,1-3H3. The maximum atomic E-state index is 10.2. The van der Waals surface area contributed by atoms with Gasteiger partial charge in [0.1, 0.15) is 0 Å². The van der Waals surface area contributed by atoms with Crippen LogP contribution >= 0.6 is 0 Å². The molecule has 2 atom stereocenters. The van der Waals surface area contributed by atoms with E-state index in [-0.39, 0.29) is 6.10 Å². The van der Waals surface area contributed by atoms with E-state index in [1.165, 1.54) is 12.8 Å². The van der Waals surface area contributed by atoms with Crippen molar-refractivity contribution in [2.45, 2.75) is 70.2 Å². The molecule has 6 nitrogen and oxygen atoms in total. The van der Waals surface area contributed by atoms with Crippen molar-refractivity contribution in [3.8, 4) is 5.88 Å². The van der Waals surface area contributed by atoms with E-state index in [0.29, 0.717) is 12.1 Å². The number of hydrogen-bond acceptors (Lipinski definition) is 5. The number of nitrogens with zero attached hydrogens (tertiary/aromatic N) is 3. The molecule has 2 fully saturated rings. The van der Waals surface area contributed by atoms with Gasteiger partial charge in [-0.3, -0.25) is 4.90 Å². The van der Waals surface area contributed by atoms with E-state index in [0.717, 1.165) is 62.5 Å². The second kappa shape index (κ2) is 7.85. The molecule has 2 unspecified atom stereocenters. The number of likely N-dealkylation sites (tertiary alicyclic amines) is 1. The average Bonchev–Trinajstić information content (AvgIpc) is 2.86. The number of ether oxygens (including phenoxy) is 1. The molecule has 1 aliphatic heterocycles. The number of aliphatic hydroxyl groups is 1. The van der Waals surface area contributed by atoms with Crippen LogP contribution in [0.5, 0.6) is 5.88 Å². The molecule has 1 saturated heterocycles. The van der Waals surface area contributed by atoms with E-state index in [1.54, 1.807) is 11.8 Å². The molecule has 2 heterocycles. The smallest absolute Gasteiger partial charge is 0.216 e. The molecule has 0 radical (unpaired) electrons. The van der Waals surface area contributed by atoms with Gasteiger partial charge in [0, 0.05) is 38.8 Å². The third-order valence-electron chi connectivity index (χ3n) is 5.74. The average molecular weight is 336 g/mol. The number of nitrogens with one attached hydrogen (secondary N) is 1. The molecule has 1 aliphatic carbocycles. The summed E-state index contributed by atoms with van der Waals surface area (Å²) >= 11 is 0. The number of rotatable bonds is 5. The van der Waals surface area contributed by atoms with Crippen LogP contribution < -0.4 is 10.1 Å². The minimum atomic E-state index is -0.120. The Kier molecular flexibility index (Phi) is 5.79. The summed E-state index contributed by atoms with van der Waals surface area (Å²) < 4.78 is 7.27. The van der Waals surface area contributed by atoms with Crippen LogP contribution in [0.3, 0.4) is 0 Å². The van der Waals surface area contributed by atoms with Gasteiger partial charge >= 0.3 is 0 Å². The van der Waals surface area contributed by atoms with Gasteiger partial charge in [0.15, 0.2) is 0 Å². The monoisotopic (exact) mass is 336 g/mol. The summed E-state index contributed by atoms with van der Waals surface area (Å²) in [7, 11) is 3.62. The normalized spacial score (nSPS) is 26.7. The van der Waals surface area contributed by atoms with Crippen LogP contribution in [0.4, 0.5) is 0 Å². The summed E-state index contributed by atoms with van der Waals surface area (Å²) in [5.74, 6) is 0.850. The van der Waals surface area contributed by atoms with Gasteiger partial charge in [0.25, 0.3) is 0 Å². The maximum Gasteiger partial charge on any atom is 0.216 e. The van der Waals surface area contributed by atoms with Gasteiger partial charge in [-0.15, -0.1) is 0 Å². The molecule has 136 valence electrons. The summed E-state index contributed by atoms with van der Waals surface area (Å²) in [6.07, 6.45) is 6.75. The number of hydrogen-bond donors (Lipinski definition) is 2. The Morgan fingerprint density at radius 2 is 1.92 bits per heavy atom. The second-order valence-electron chi connectivity index (χ2n) is 7.31. The molecular formula is C18H32N4O2. The predicted octanol–water partition coefficient (Wildman–Crippen LogP) is 1.59. The van der Waals surface area contributed by atoms with Gasteiger partial charge in [0.2, 0.25) is 5.88 Å². The Balaban J connectivity index is 1.49. The van der Waals surface area contributed by atoms with E-state index in [1.807, 2.05) is 14.0 Å². The molecule has 0 amide bonds. The highest BCUT2D eigenvalue weighted by Crippen LogP contribution is 2.26. The van der Waals surface area contributed by atoms with E-state index in [2.05, 4.69) is 15.3 Å². The fraction of sp³-hybridized carbons (Fsp3) is 0.833. The Hall–Kier alpha value is -1.11. The summed E-state index contributed by atoms with van der Waals surface area (Å²) in [5, 5.41) is 18.4. The number of aliphatic hydroxyl groups excluding tert-OH is 1. The first-order chi connectivity index (χ1) is 11.6. The molecule has 3 rings (SSSR count). The van der Waals surface area contributed by atoms with Crippen molar-refractivity contribution in [3.05, 3.63) is 11.3 Å². The van der Waals surface area contributed by atoms with Gasteiger partial charge in [-0.2, -0.15) is 5.10 Å². The second-order valence-corrected chi connectivity index (χ2v) is 7.31. The largest absolute Gasteiger partial charge is 0.481 e. The van der Waals surface area contributed by atoms with Crippen molar-refractivity contribution in [2.24, 2.45) is 7.05 Å². The van der Waals surface area contributed by atoms with Gasteiger partial charge in [-0.1, -0.05) is 12.8 Å². The Morgan fingerprint density at radius 1 is 1.21 bits per heavy atom. The molecule has 1 aromatic heterocycles. The van der Waals surface area contributed by atoms with Crippen molar-refractivity contribution in [1.82, 2.24) is 20.0 Å². The van der Waals surface area contributed by atoms with Crippen LogP contribution in [0.1, 0.15) is 49.8 Å². The molecule has 0 aromatic carbocycles. The van der Waals surface area contributed by atoms with Crippen LogP contribution in [-0.4, -0.2) is 58.2 Å². The third kappa shape index (κ3) is 3.76. The van der Waals surface area contributed by atoms with Crippen molar-refractivity contribution in [3.63, 3.8) is 0 Å². The zero-order chi connectivity index (χ0) is 17.1. The fourth-order valence-electron chi connectivity index (χ4n) is 4.34. The zero-order valence-electron chi connectivity index (χ0n) is 15.3. The summed E-state index contributed by atoms with van der Waals surface area (Å²) in [6, 6.07) is 0.923. The lowest BCUT2D eigenvalue weighted by Gasteiger charge is -2.41. The number of piperidine rings is 1. The maximum absolute atomic E-state index is 10.2. The van der Waals surface area contributed by atoms with E-state index in [9.17, 15) is 5.11 Å². The fourth-order valence-corrected chi connectivity index (χ4v) is 4.34. The highest BCUT2D eigenvalue weighted by atomic mass is 16.5. The van der Waals surface area contributed by atoms with Crippen LogP contribution in [0.25, 0.3) is 0 Å². The molecule has 0 bridgehead atoms. The van der Waals surface area contributed by atoms with Gasteiger partial charge < -0.3 is 15.2 Å². The third-order valence-corrected chi connectivity index (χ3v) is 5.74. The molecule has 1 aromatic rings. The molecule has 24 heavy (non-hydrogen) atoms. The van der Waals surface area contributed by atoms with Crippen molar-refractivity contribution in [1.29, 1.82) is 0 Å². The van der Waals surface area contributed by atoms with E-state index < -0.39 is 0 Å². The number of aromatic nitrogens is 2. The zero-order valence-corrected chi connectivity index (χ0v) is 15.3. The van der Waals surface area contributed by atoms with E-state index in [4.69, 9.17) is 4.74 Å². The topological polar surface area (TPSA) is 62.6 Å². The Labute approximate surface area is 145 Å². The molecule has 6 heteroatoms. The van der Waals surface area contributed by atoms with Crippen LogP contribution in [0.2, 0.25) is 0 Å². The quantitative estimate of drug-likeness (QED) is 0.855. The first-order valence-electron chi connectivity index (χ1n) is 9.32. The first-order valence-corrected chi connectivity index (χ1v) is 9.32. The van der Waals surface area contributed by atoms with E-state index >= 15 is 0 Å². The summed E-state index contributed by atoms with van der Waals surface area (Å²) in [4.78, 5) is 2.51. The van der Waals surface area contributed by atoms with Crippen LogP contribution in [0, 0.1) is 6.92 Å². The summed E-state index contributed by atoms with van der Waals surface area (Å²) in [6.45, 7) is 5.01. The molecule has 1 saturated carbocycles. The number of methoxy groups -OCH3 is 1. The molecule has 2 aliphatic rings. The SMILES string of the molecule is COc1c(CNC2CCN(C3CCCCC3O)CC2)c(C)nn1C. The lowest BCUT2D eigenvalue weighted by atomic mass is 9.89. The molecular weight excluding hydrogens is 304 g/mol. The summed E-state index contributed by atoms with van der Waals surface area (Å²) in [5.41, 5.74) is 2.19. The lowest BCUT2D eigenvalue weighted by molar-refractivity contribution is 0.00713. The van der Waals surface area contributed by atoms with Crippen LogP contribution in [0.15, 0.2) is 0 Å². The first kappa shape index (κ1) is 17.7. The van der Waals surface area contributed by atoms with Crippen molar-refractivity contribution >= 4 is 0 Å². The van der Waals surface area contributed by atoms with Crippen LogP contribution in [-0.2, 0) is 13.6 Å². The van der Waals surface area contributed by atoms with Gasteiger partial charge in [-0.25, -0.2) is 4.68 Å². The highest BCUT2D eigenvalue weighted by molar-refractivity contribution is 5.30. The molecule has 0 spiro atoms. The van der Waals surface area contributed by atoms with Gasteiger partial charge in [0.05, 0.1) is 24.5 Å². The Bertz CT molecular complexity index is 537. The Morgan fingerprint density at radius 3 is 2.58 bits per heavy atom. The van der Waals surface area contributed by atoms with Crippen molar-refractivity contribution in [2.75, 3.05) is 20.2 Å². The predicted molar refractivity (Wildman–Crippen MR) is 94.2 cm³/mol. The molecule has 2 N–H and O–H groups in total. The minimum absolute atomic E-state index is 0.120. The number of aryl methyl sites for hydroxylation is 2. The highest BCUT2D eigenvalue weighted by Gasteiger charge is 2.31. The van der Waals surface area contributed by atoms with Gasteiger partial charge in [-0.05, 0) is 32.6 Å². The lowest BCUT2D eigenvalue weighted by Crippen LogP contribution is -2.51.